The summed E-state index contributed by atoms with van der Waals surface area (Å²) in [7, 11) is 0. The van der Waals surface area contributed by atoms with Gasteiger partial charge in [0.1, 0.15) is 0 Å². The Hall–Kier alpha value is -0.410. The molecule has 0 radical (unpaired) electrons. The van der Waals surface area contributed by atoms with Gasteiger partial charge in [0.2, 0.25) is 0 Å². The number of piperidine rings is 2. The third kappa shape index (κ3) is 4.40. The zero-order chi connectivity index (χ0) is 19.0. The molecular formula is C21H33Cl2N3O3S. The number of carbonyl (C=O) groups excluding carboxylic acids is 1. The third-order valence-corrected chi connectivity index (χ3v) is 8.25. The summed E-state index contributed by atoms with van der Waals surface area (Å²) in [5.74, 6) is 0.0666. The van der Waals surface area contributed by atoms with Gasteiger partial charge in [0, 0.05) is 17.9 Å². The molecule has 4 aliphatic heterocycles. The van der Waals surface area contributed by atoms with Gasteiger partial charge in [-0.3, -0.25) is 4.79 Å². The lowest BCUT2D eigenvalue weighted by molar-refractivity contribution is -0.114. The first-order valence-electron chi connectivity index (χ1n) is 10.8. The van der Waals surface area contributed by atoms with Crippen molar-refractivity contribution < 1.29 is 14.3 Å². The van der Waals surface area contributed by atoms with Crippen LogP contribution in [0.2, 0.25) is 0 Å². The molecular weight excluding hydrogens is 445 g/mol. The molecule has 170 valence electrons. The highest BCUT2D eigenvalue weighted by Gasteiger charge is 2.44. The molecule has 0 saturated carbocycles. The molecule has 0 bridgehead atoms. The summed E-state index contributed by atoms with van der Waals surface area (Å²) in [6.07, 6.45) is 6.88. The monoisotopic (exact) mass is 477 g/mol. The number of carbonyl (C=O) groups is 1. The fraction of sp³-hybridized carbons (Fsp3) is 0.762. The number of amides is 1. The Morgan fingerprint density at radius 3 is 2.47 bits per heavy atom. The third-order valence-electron chi connectivity index (χ3n) is 7.06. The summed E-state index contributed by atoms with van der Waals surface area (Å²) in [5.41, 5.74) is 0.903. The molecule has 0 aliphatic carbocycles. The summed E-state index contributed by atoms with van der Waals surface area (Å²) < 4.78 is 12.5. The van der Waals surface area contributed by atoms with Crippen molar-refractivity contribution in [3.05, 3.63) is 21.4 Å². The lowest BCUT2D eigenvalue weighted by Gasteiger charge is -2.46. The van der Waals surface area contributed by atoms with Crippen LogP contribution in [-0.2, 0) is 21.5 Å². The highest BCUT2D eigenvalue weighted by molar-refractivity contribution is 7.14. The minimum Gasteiger partial charge on any atom is -0.373 e. The van der Waals surface area contributed by atoms with E-state index in [1.807, 2.05) is 0 Å². The van der Waals surface area contributed by atoms with Crippen molar-refractivity contribution >= 4 is 42.1 Å². The van der Waals surface area contributed by atoms with Crippen LogP contribution in [0.25, 0.3) is 0 Å². The Labute approximate surface area is 195 Å². The van der Waals surface area contributed by atoms with E-state index < -0.39 is 0 Å². The fourth-order valence-electron chi connectivity index (χ4n) is 5.48. The summed E-state index contributed by atoms with van der Waals surface area (Å²) in [4.78, 5) is 15.4. The van der Waals surface area contributed by atoms with Crippen molar-refractivity contribution in [3.8, 4) is 0 Å². The number of hydrogen-bond acceptors (Lipinski definition) is 6. The molecule has 3 fully saturated rings. The summed E-state index contributed by atoms with van der Waals surface area (Å²) in [6.45, 7) is 5.47. The Bertz CT molecular complexity index is 725. The molecule has 1 amide bonds. The van der Waals surface area contributed by atoms with E-state index in [2.05, 4.69) is 22.0 Å². The van der Waals surface area contributed by atoms with Gasteiger partial charge in [-0.1, -0.05) is 0 Å². The van der Waals surface area contributed by atoms with Crippen molar-refractivity contribution in [1.29, 1.82) is 0 Å². The van der Waals surface area contributed by atoms with E-state index in [1.54, 1.807) is 11.3 Å². The molecule has 9 heteroatoms. The lowest BCUT2D eigenvalue weighted by Crippen LogP contribution is -2.60. The van der Waals surface area contributed by atoms with E-state index in [0.717, 1.165) is 89.2 Å². The second kappa shape index (κ2) is 10.0. The first-order chi connectivity index (χ1) is 13.7. The largest absolute Gasteiger partial charge is 0.373 e. The van der Waals surface area contributed by atoms with Crippen LogP contribution < -0.4 is 16.0 Å². The highest BCUT2D eigenvalue weighted by Crippen LogP contribution is 2.43. The first-order valence-corrected chi connectivity index (χ1v) is 11.7. The number of halogens is 2. The van der Waals surface area contributed by atoms with Crippen molar-refractivity contribution in [1.82, 2.24) is 16.0 Å². The van der Waals surface area contributed by atoms with Crippen LogP contribution in [0.4, 0.5) is 0 Å². The molecule has 4 aliphatic rings. The van der Waals surface area contributed by atoms with Crippen molar-refractivity contribution in [2.75, 3.05) is 39.4 Å². The summed E-state index contributed by atoms with van der Waals surface area (Å²) in [6, 6.07) is 2.23. The van der Waals surface area contributed by atoms with Crippen LogP contribution in [-0.4, -0.2) is 56.9 Å². The number of rotatable bonds is 2. The molecule has 5 heterocycles. The number of hydrogen-bond donors (Lipinski definition) is 3. The normalized spacial score (nSPS) is 26.9. The van der Waals surface area contributed by atoms with Gasteiger partial charge in [-0.05, 0) is 76.3 Å². The van der Waals surface area contributed by atoms with E-state index in [4.69, 9.17) is 9.47 Å². The molecule has 1 aromatic heterocycles. The van der Waals surface area contributed by atoms with E-state index in [1.165, 1.54) is 10.4 Å². The maximum Gasteiger partial charge on any atom is 0.261 e. The molecule has 3 N–H and O–H groups in total. The molecule has 0 aromatic carbocycles. The van der Waals surface area contributed by atoms with Crippen LogP contribution >= 0.6 is 36.2 Å². The van der Waals surface area contributed by atoms with Gasteiger partial charge >= 0.3 is 0 Å². The van der Waals surface area contributed by atoms with Crippen LogP contribution in [0, 0.1) is 0 Å². The number of fused-ring (bicyclic) bond motifs is 2. The second-order valence-electron chi connectivity index (χ2n) is 8.62. The summed E-state index contributed by atoms with van der Waals surface area (Å²) >= 11 is 1.67. The molecule has 6 nitrogen and oxygen atoms in total. The van der Waals surface area contributed by atoms with Gasteiger partial charge in [-0.15, -0.1) is 36.2 Å². The number of nitrogens with one attached hydrogen (secondary N) is 3. The van der Waals surface area contributed by atoms with Crippen molar-refractivity contribution in [2.45, 2.75) is 62.2 Å². The van der Waals surface area contributed by atoms with Gasteiger partial charge in [-0.2, -0.15) is 0 Å². The first kappa shape index (κ1) is 24.2. The molecule has 2 spiro atoms. The summed E-state index contributed by atoms with van der Waals surface area (Å²) in [5, 5.41) is 10.2. The van der Waals surface area contributed by atoms with Gasteiger partial charge in [0.15, 0.2) is 0 Å². The maximum atomic E-state index is 13.2. The smallest absolute Gasteiger partial charge is 0.261 e. The maximum absolute atomic E-state index is 13.2. The predicted molar refractivity (Wildman–Crippen MR) is 124 cm³/mol. The Morgan fingerprint density at radius 2 is 1.73 bits per heavy atom. The number of ether oxygens (including phenoxy) is 2. The van der Waals surface area contributed by atoms with Crippen molar-refractivity contribution in [2.24, 2.45) is 0 Å². The molecule has 1 atom stereocenters. The van der Waals surface area contributed by atoms with Crippen LogP contribution in [0.5, 0.6) is 0 Å². The van der Waals surface area contributed by atoms with Gasteiger partial charge in [0.05, 0.1) is 28.7 Å². The quantitative estimate of drug-likeness (QED) is 0.610. The molecule has 3 saturated heterocycles. The van der Waals surface area contributed by atoms with E-state index in [9.17, 15) is 4.79 Å². The minimum absolute atomic E-state index is 0. The Morgan fingerprint density at radius 1 is 1.03 bits per heavy atom. The Kier molecular flexibility index (Phi) is 8.10. The van der Waals surface area contributed by atoms with E-state index in [0.29, 0.717) is 0 Å². The topological polar surface area (TPSA) is 71.6 Å². The fourth-order valence-corrected chi connectivity index (χ4v) is 6.61. The van der Waals surface area contributed by atoms with Crippen LogP contribution in [0.3, 0.4) is 0 Å². The van der Waals surface area contributed by atoms with E-state index in [-0.39, 0.29) is 48.0 Å². The minimum atomic E-state index is -0.185. The molecule has 30 heavy (non-hydrogen) atoms. The van der Waals surface area contributed by atoms with Gasteiger partial charge in [0.25, 0.3) is 5.91 Å². The lowest BCUT2D eigenvalue weighted by atomic mass is 9.80. The molecule has 1 aromatic rings. The van der Waals surface area contributed by atoms with Crippen LogP contribution in [0.15, 0.2) is 6.07 Å². The zero-order valence-corrected chi connectivity index (χ0v) is 19.7. The molecule has 5 rings (SSSR count). The zero-order valence-electron chi connectivity index (χ0n) is 17.3. The highest BCUT2D eigenvalue weighted by atomic mass is 35.5. The predicted octanol–water partition coefficient (Wildman–Crippen LogP) is 2.77. The standard InChI is InChI=1S/C21H31N3O3S.2ClH/c25-19(24-18-2-1-12-26-21(18)6-10-23-11-7-21)17-14-15-16(28-17)3-13-27-20(15)4-8-22-9-5-20;;/h14,18,22-23H,1-13H2,(H,24,25);2*1H. The van der Waals surface area contributed by atoms with Gasteiger partial charge in [-0.25, -0.2) is 0 Å². The second-order valence-corrected chi connectivity index (χ2v) is 9.76. The average Bonchev–Trinajstić information content (AvgIpc) is 3.18. The molecule has 1 unspecified atom stereocenters. The average molecular weight is 478 g/mol. The number of thiophene rings is 1. The van der Waals surface area contributed by atoms with Crippen molar-refractivity contribution in [3.63, 3.8) is 0 Å². The van der Waals surface area contributed by atoms with E-state index >= 15 is 0 Å². The van der Waals surface area contributed by atoms with Crippen LogP contribution in [0.1, 0.15) is 58.6 Å². The Balaban J connectivity index is 0.00000128. The van der Waals surface area contributed by atoms with Gasteiger partial charge < -0.3 is 25.4 Å². The SMILES string of the molecule is Cl.Cl.O=C(NC1CCCOC12CCNCC2)c1cc2c(s1)CCOC21CCNCC1.